The zero-order chi connectivity index (χ0) is 24.5. The van der Waals surface area contributed by atoms with Crippen molar-refractivity contribution in [3.05, 3.63) is 132 Å². The summed E-state index contributed by atoms with van der Waals surface area (Å²) in [6.45, 7) is 0. The van der Waals surface area contributed by atoms with Crippen LogP contribution in [0.2, 0.25) is 0 Å². The monoisotopic (exact) mass is 468 g/mol. The van der Waals surface area contributed by atoms with Crippen molar-refractivity contribution in [3.63, 3.8) is 0 Å². The molecular formula is C32H20O4. The van der Waals surface area contributed by atoms with E-state index in [0.29, 0.717) is 22.6 Å². The first-order valence-electron chi connectivity index (χ1n) is 11.6. The maximum Gasteiger partial charge on any atom is 0.343 e. The second-order valence-electron chi connectivity index (χ2n) is 8.51. The minimum absolute atomic E-state index is 0.398. The molecule has 0 fully saturated rings. The molecule has 0 unspecified atom stereocenters. The van der Waals surface area contributed by atoms with Crippen LogP contribution in [0.5, 0.6) is 11.5 Å². The summed E-state index contributed by atoms with van der Waals surface area (Å²) in [5, 5.41) is 5.37. The van der Waals surface area contributed by atoms with Crippen LogP contribution in [0.3, 0.4) is 0 Å². The Labute approximate surface area is 207 Å². The van der Waals surface area contributed by atoms with Crippen molar-refractivity contribution >= 4 is 44.3 Å². The molecular weight excluding hydrogens is 448 g/mol. The molecule has 0 saturated heterocycles. The standard InChI is InChI=1S/C32H20O4/c33-31(35-29-13-5-9-22-7-1-3-11-27(22)29)24-17-15-21-16-18-25(20-26(21)19-24)32(34)36-30-14-6-10-23-8-2-4-12-28(23)30/h1-20H. The zero-order valence-electron chi connectivity index (χ0n) is 19.2. The largest absolute Gasteiger partial charge is 0.422 e. The Balaban J connectivity index is 1.28. The predicted octanol–water partition coefficient (Wildman–Crippen LogP) is 7.58. The van der Waals surface area contributed by atoms with Crippen molar-refractivity contribution in [1.82, 2.24) is 0 Å². The van der Waals surface area contributed by atoms with E-state index in [4.69, 9.17) is 9.47 Å². The number of ether oxygens (including phenoxy) is 2. The summed E-state index contributed by atoms with van der Waals surface area (Å²) in [5.41, 5.74) is 0.796. The fourth-order valence-electron chi connectivity index (χ4n) is 4.39. The van der Waals surface area contributed by atoms with Crippen LogP contribution in [0.4, 0.5) is 0 Å². The first-order valence-corrected chi connectivity index (χ1v) is 11.6. The molecule has 0 amide bonds. The van der Waals surface area contributed by atoms with Gasteiger partial charge in [0.15, 0.2) is 0 Å². The highest BCUT2D eigenvalue weighted by Crippen LogP contribution is 2.28. The first-order chi connectivity index (χ1) is 17.7. The van der Waals surface area contributed by atoms with E-state index in [0.717, 1.165) is 32.3 Å². The van der Waals surface area contributed by atoms with Gasteiger partial charge in [-0.05, 0) is 57.9 Å². The number of carbonyl (C=O) groups excluding carboxylic acids is 2. The van der Waals surface area contributed by atoms with E-state index in [1.54, 1.807) is 36.4 Å². The predicted molar refractivity (Wildman–Crippen MR) is 142 cm³/mol. The van der Waals surface area contributed by atoms with Crippen LogP contribution in [0.25, 0.3) is 32.3 Å². The third-order valence-corrected chi connectivity index (χ3v) is 6.22. The van der Waals surface area contributed by atoms with Crippen LogP contribution >= 0.6 is 0 Å². The molecule has 0 aromatic heterocycles. The molecule has 0 heterocycles. The number of esters is 2. The van der Waals surface area contributed by atoms with E-state index < -0.39 is 11.9 Å². The van der Waals surface area contributed by atoms with Crippen molar-refractivity contribution in [2.75, 3.05) is 0 Å². The minimum atomic E-state index is -0.461. The van der Waals surface area contributed by atoms with Gasteiger partial charge in [0.05, 0.1) is 11.1 Å². The van der Waals surface area contributed by atoms with E-state index in [2.05, 4.69) is 0 Å². The fraction of sp³-hybridized carbons (Fsp3) is 0. The normalized spacial score (nSPS) is 11.0. The third-order valence-electron chi connectivity index (χ3n) is 6.22. The molecule has 6 aromatic carbocycles. The Morgan fingerprint density at radius 3 is 1.36 bits per heavy atom. The summed E-state index contributed by atoms with van der Waals surface area (Å²) in [6, 6.07) is 37.3. The van der Waals surface area contributed by atoms with E-state index in [1.807, 2.05) is 84.9 Å². The van der Waals surface area contributed by atoms with Gasteiger partial charge in [-0.25, -0.2) is 9.59 Å². The molecule has 0 aliphatic heterocycles. The molecule has 6 aromatic rings. The Morgan fingerprint density at radius 2 is 0.861 bits per heavy atom. The molecule has 6 rings (SSSR count). The third kappa shape index (κ3) is 4.05. The Kier molecular flexibility index (Phi) is 5.39. The SMILES string of the molecule is O=C(Oc1cccc2ccccc12)c1ccc2ccc(C(=O)Oc3cccc4ccccc34)cc2c1. The van der Waals surface area contributed by atoms with Gasteiger partial charge in [-0.3, -0.25) is 0 Å². The molecule has 0 bridgehead atoms. The molecule has 4 nitrogen and oxygen atoms in total. The van der Waals surface area contributed by atoms with Gasteiger partial charge in [0.2, 0.25) is 0 Å². The van der Waals surface area contributed by atoms with Crippen LogP contribution in [0, 0.1) is 0 Å². The average molecular weight is 469 g/mol. The van der Waals surface area contributed by atoms with Crippen LogP contribution in [0.15, 0.2) is 121 Å². The highest BCUT2D eigenvalue weighted by atomic mass is 16.5. The zero-order valence-corrected chi connectivity index (χ0v) is 19.2. The van der Waals surface area contributed by atoms with Crippen LogP contribution in [-0.2, 0) is 0 Å². The van der Waals surface area contributed by atoms with E-state index >= 15 is 0 Å². The topological polar surface area (TPSA) is 52.6 Å². The quantitative estimate of drug-likeness (QED) is 0.198. The van der Waals surface area contributed by atoms with Crippen LogP contribution < -0.4 is 9.47 Å². The van der Waals surface area contributed by atoms with E-state index in [-0.39, 0.29) is 0 Å². The van der Waals surface area contributed by atoms with Crippen molar-refractivity contribution in [3.8, 4) is 11.5 Å². The van der Waals surface area contributed by atoms with E-state index in [1.165, 1.54) is 0 Å². The summed E-state index contributed by atoms with van der Waals surface area (Å²) < 4.78 is 11.5. The number of fused-ring (bicyclic) bond motifs is 3. The van der Waals surface area contributed by atoms with Gasteiger partial charge in [-0.2, -0.15) is 0 Å². The maximum atomic E-state index is 13.0. The summed E-state index contributed by atoms with van der Waals surface area (Å²) in [7, 11) is 0. The second-order valence-corrected chi connectivity index (χ2v) is 8.51. The van der Waals surface area contributed by atoms with Crippen molar-refractivity contribution in [2.24, 2.45) is 0 Å². The molecule has 0 saturated carbocycles. The maximum absolute atomic E-state index is 13.0. The van der Waals surface area contributed by atoms with Crippen LogP contribution in [-0.4, -0.2) is 11.9 Å². The number of benzene rings is 6. The number of hydrogen-bond donors (Lipinski definition) is 0. The number of carbonyl (C=O) groups is 2. The summed E-state index contributed by atoms with van der Waals surface area (Å²) in [4.78, 5) is 25.9. The lowest BCUT2D eigenvalue weighted by Crippen LogP contribution is -2.10. The van der Waals surface area contributed by atoms with E-state index in [9.17, 15) is 9.59 Å². The average Bonchev–Trinajstić information content (AvgIpc) is 2.93. The van der Waals surface area contributed by atoms with Gasteiger partial charge in [0.1, 0.15) is 11.5 Å². The molecule has 172 valence electrons. The molecule has 0 atom stereocenters. The lowest BCUT2D eigenvalue weighted by Gasteiger charge is -2.10. The Hall–Kier alpha value is -4.96. The lowest BCUT2D eigenvalue weighted by molar-refractivity contribution is 0.0728. The summed E-state index contributed by atoms with van der Waals surface area (Å²) >= 11 is 0. The smallest absolute Gasteiger partial charge is 0.343 e. The van der Waals surface area contributed by atoms with Crippen molar-refractivity contribution in [1.29, 1.82) is 0 Å². The minimum Gasteiger partial charge on any atom is -0.422 e. The van der Waals surface area contributed by atoms with Gasteiger partial charge in [0.25, 0.3) is 0 Å². The Bertz CT molecular complexity index is 1650. The summed E-state index contributed by atoms with van der Waals surface area (Å²) in [5.74, 6) is 0.0882. The van der Waals surface area contributed by atoms with Crippen molar-refractivity contribution in [2.45, 2.75) is 0 Å². The lowest BCUT2D eigenvalue weighted by atomic mass is 10.0. The second kappa shape index (κ2) is 9.01. The molecule has 0 radical (unpaired) electrons. The van der Waals surface area contributed by atoms with Crippen molar-refractivity contribution < 1.29 is 19.1 Å². The number of hydrogen-bond acceptors (Lipinski definition) is 4. The molecule has 0 aliphatic rings. The van der Waals surface area contributed by atoms with Gasteiger partial charge >= 0.3 is 11.9 Å². The fourth-order valence-corrected chi connectivity index (χ4v) is 4.39. The van der Waals surface area contributed by atoms with Gasteiger partial charge in [-0.1, -0.05) is 84.9 Å². The molecule has 36 heavy (non-hydrogen) atoms. The van der Waals surface area contributed by atoms with Gasteiger partial charge in [0, 0.05) is 10.8 Å². The van der Waals surface area contributed by atoms with Gasteiger partial charge in [-0.15, -0.1) is 0 Å². The van der Waals surface area contributed by atoms with Crippen LogP contribution in [0.1, 0.15) is 20.7 Å². The Morgan fingerprint density at radius 1 is 0.417 bits per heavy atom. The molecule has 0 aliphatic carbocycles. The highest BCUT2D eigenvalue weighted by Gasteiger charge is 2.14. The molecule has 4 heteroatoms. The molecule has 0 N–H and O–H groups in total. The molecule has 0 spiro atoms. The summed E-state index contributed by atoms with van der Waals surface area (Å²) in [6.07, 6.45) is 0. The number of rotatable bonds is 4. The van der Waals surface area contributed by atoms with Gasteiger partial charge < -0.3 is 9.47 Å². The first kappa shape index (κ1) is 21.6. The highest BCUT2D eigenvalue weighted by molar-refractivity contribution is 6.02.